The summed E-state index contributed by atoms with van der Waals surface area (Å²) < 4.78 is 0. The number of hydrogen-bond acceptors (Lipinski definition) is 4. The average Bonchev–Trinajstić information content (AvgIpc) is 2.84. The molecule has 0 amide bonds. The molecule has 1 N–H and O–H groups in total. The fourth-order valence-electron chi connectivity index (χ4n) is 4.72. The third-order valence-electron chi connectivity index (χ3n) is 6.56. The van der Waals surface area contributed by atoms with Crippen LogP contribution in [0.4, 0.5) is 17.1 Å². The number of hydrogen-bond donors (Lipinski definition) is 1. The number of anilines is 3. The molecule has 0 fully saturated rings. The van der Waals surface area contributed by atoms with Crippen molar-refractivity contribution in [3.05, 3.63) is 101 Å². The highest BCUT2D eigenvalue weighted by molar-refractivity contribution is 6.04. The van der Waals surface area contributed by atoms with Crippen LogP contribution < -0.4 is 15.1 Å². The molecule has 34 heavy (non-hydrogen) atoms. The monoisotopic (exact) mass is 452 g/mol. The van der Waals surface area contributed by atoms with E-state index in [4.69, 9.17) is 0 Å². The van der Waals surface area contributed by atoms with Crippen LogP contribution in [0.1, 0.15) is 28.3 Å². The predicted octanol–water partition coefficient (Wildman–Crippen LogP) is 5.99. The minimum atomic E-state index is 0.224. The highest BCUT2D eigenvalue weighted by atomic mass is 15.1. The van der Waals surface area contributed by atoms with Crippen LogP contribution in [0.2, 0.25) is 0 Å². The first-order chi connectivity index (χ1) is 16.3. The van der Waals surface area contributed by atoms with Gasteiger partial charge in [-0.3, -0.25) is 4.90 Å². The average molecular weight is 453 g/mol. The Labute approximate surface area is 204 Å². The number of allylic oxidation sites excluding steroid dienone is 2. The van der Waals surface area contributed by atoms with Gasteiger partial charge in [0, 0.05) is 57.9 Å². The van der Waals surface area contributed by atoms with Crippen LogP contribution in [0.5, 0.6) is 0 Å². The minimum Gasteiger partial charge on any atom is -0.388 e. The summed E-state index contributed by atoms with van der Waals surface area (Å²) in [6, 6.07) is 24.5. The molecule has 0 saturated heterocycles. The fraction of sp³-hybridized carbons (Fsp3) is 0.267. The van der Waals surface area contributed by atoms with Gasteiger partial charge in [0.1, 0.15) is 0 Å². The zero-order chi connectivity index (χ0) is 24.4. The van der Waals surface area contributed by atoms with E-state index in [1.165, 1.54) is 44.8 Å². The first-order valence-corrected chi connectivity index (χ1v) is 11.8. The molecule has 0 aliphatic heterocycles. The number of benzene rings is 3. The van der Waals surface area contributed by atoms with Crippen molar-refractivity contribution in [1.29, 1.82) is 0 Å². The summed E-state index contributed by atoms with van der Waals surface area (Å²) >= 11 is 0. The highest BCUT2D eigenvalue weighted by Crippen LogP contribution is 2.44. The summed E-state index contributed by atoms with van der Waals surface area (Å²) in [5, 5.41) is 3.24. The normalized spacial score (nSPS) is 16.3. The van der Waals surface area contributed by atoms with Gasteiger partial charge in [-0.05, 0) is 72.3 Å². The Bertz CT molecular complexity index is 1200. The van der Waals surface area contributed by atoms with E-state index in [-0.39, 0.29) is 6.04 Å². The lowest BCUT2D eigenvalue weighted by atomic mass is 9.81. The molecule has 4 nitrogen and oxygen atoms in total. The lowest BCUT2D eigenvalue weighted by molar-refractivity contribution is 0.350. The Hall–Kier alpha value is -3.50. The zero-order valence-electron chi connectivity index (χ0n) is 21.4. The van der Waals surface area contributed by atoms with Crippen molar-refractivity contribution in [2.75, 3.05) is 64.5 Å². The number of rotatable bonds is 6. The van der Waals surface area contributed by atoms with Gasteiger partial charge in [0.15, 0.2) is 0 Å². The van der Waals surface area contributed by atoms with Gasteiger partial charge in [-0.15, -0.1) is 0 Å². The SMILES string of the molecule is CNc1ccc(/C(=C2/C=CC(N(C)C)c3c2cccc3N(C)C)c2ccc(N(C)C)cc2)cc1. The summed E-state index contributed by atoms with van der Waals surface area (Å²) in [6.45, 7) is 0. The van der Waals surface area contributed by atoms with E-state index in [9.17, 15) is 0 Å². The van der Waals surface area contributed by atoms with E-state index in [0.717, 1.165) is 5.69 Å². The Balaban J connectivity index is 2.02. The van der Waals surface area contributed by atoms with Gasteiger partial charge >= 0.3 is 0 Å². The van der Waals surface area contributed by atoms with Crippen LogP contribution in [-0.4, -0.2) is 54.2 Å². The summed E-state index contributed by atoms with van der Waals surface area (Å²) in [5.74, 6) is 0. The Morgan fingerprint density at radius 1 is 0.735 bits per heavy atom. The maximum absolute atomic E-state index is 3.24. The summed E-state index contributed by atoms with van der Waals surface area (Å²) in [5.41, 5.74) is 11.1. The number of nitrogens with one attached hydrogen (secondary N) is 1. The number of nitrogens with zero attached hydrogens (tertiary/aromatic N) is 3. The van der Waals surface area contributed by atoms with Gasteiger partial charge < -0.3 is 15.1 Å². The van der Waals surface area contributed by atoms with Gasteiger partial charge in [0.05, 0.1) is 6.04 Å². The molecule has 0 spiro atoms. The largest absolute Gasteiger partial charge is 0.388 e. The molecule has 1 atom stereocenters. The molecule has 1 aliphatic rings. The standard InChI is InChI=1S/C30H36N4/c1-31-23-15-11-21(12-16-23)29(22-13-17-24(18-14-22)32(2)3)26-19-20-28(34(6)7)30-25(26)9-8-10-27(30)33(4)5/h8-20,28,31H,1-7H3/b29-26+. The van der Waals surface area contributed by atoms with Crippen molar-refractivity contribution in [3.8, 4) is 0 Å². The molecule has 0 aromatic heterocycles. The molecule has 3 aromatic rings. The maximum atomic E-state index is 3.24. The Morgan fingerprint density at radius 3 is 1.88 bits per heavy atom. The molecule has 0 saturated carbocycles. The molecule has 4 heteroatoms. The van der Waals surface area contributed by atoms with Crippen LogP contribution in [0.3, 0.4) is 0 Å². The molecule has 1 aliphatic carbocycles. The fourth-order valence-corrected chi connectivity index (χ4v) is 4.72. The van der Waals surface area contributed by atoms with Crippen LogP contribution in [0.25, 0.3) is 11.1 Å². The smallest absolute Gasteiger partial charge is 0.0556 e. The Morgan fingerprint density at radius 2 is 1.35 bits per heavy atom. The third kappa shape index (κ3) is 4.46. The number of fused-ring (bicyclic) bond motifs is 1. The van der Waals surface area contributed by atoms with E-state index >= 15 is 0 Å². The molecule has 3 aromatic carbocycles. The van der Waals surface area contributed by atoms with E-state index in [0.29, 0.717) is 0 Å². The van der Waals surface area contributed by atoms with Gasteiger partial charge in [-0.2, -0.15) is 0 Å². The van der Waals surface area contributed by atoms with E-state index < -0.39 is 0 Å². The second-order valence-electron chi connectivity index (χ2n) is 9.46. The summed E-state index contributed by atoms with van der Waals surface area (Å²) in [4.78, 5) is 6.64. The van der Waals surface area contributed by atoms with Crippen LogP contribution in [-0.2, 0) is 0 Å². The van der Waals surface area contributed by atoms with Crippen LogP contribution in [0, 0.1) is 0 Å². The van der Waals surface area contributed by atoms with E-state index in [1.807, 2.05) is 7.05 Å². The van der Waals surface area contributed by atoms with Crippen LogP contribution >= 0.6 is 0 Å². The quantitative estimate of drug-likeness (QED) is 0.496. The van der Waals surface area contributed by atoms with Crippen LogP contribution in [0.15, 0.2) is 78.9 Å². The number of likely N-dealkylation sites (N-methyl/N-ethyl adjacent to an activating group) is 1. The van der Waals surface area contributed by atoms with E-state index in [1.54, 1.807) is 0 Å². The second-order valence-corrected chi connectivity index (χ2v) is 9.46. The topological polar surface area (TPSA) is 21.8 Å². The van der Waals surface area contributed by atoms with Crippen molar-refractivity contribution in [2.24, 2.45) is 0 Å². The van der Waals surface area contributed by atoms with Crippen molar-refractivity contribution in [1.82, 2.24) is 4.90 Å². The van der Waals surface area contributed by atoms with Gasteiger partial charge in [-0.25, -0.2) is 0 Å². The molecular weight excluding hydrogens is 416 g/mol. The molecule has 0 radical (unpaired) electrons. The van der Waals surface area contributed by atoms with E-state index in [2.05, 4.69) is 141 Å². The van der Waals surface area contributed by atoms with Gasteiger partial charge in [0.25, 0.3) is 0 Å². The second kappa shape index (κ2) is 9.78. The molecule has 4 rings (SSSR count). The van der Waals surface area contributed by atoms with Crippen molar-refractivity contribution in [2.45, 2.75) is 6.04 Å². The predicted molar refractivity (Wildman–Crippen MR) is 149 cm³/mol. The minimum absolute atomic E-state index is 0.224. The van der Waals surface area contributed by atoms with Crippen molar-refractivity contribution in [3.63, 3.8) is 0 Å². The highest BCUT2D eigenvalue weighted by Gasteiger charge is 2.27. The summed E-state index contributed by atoms with van der Waals surface area (Å²) in [7, 11) is 14.7. The molecule has 0 heterocycles. The van der Waals surface area contributed by atoms with Gasteiger partial charge in [-0.1, -0.05) is 48.6 Å². The molecule has 176 valence electrons. The van der Waals surface area contributed by atoms with Gasteiger partial charge in [0.2, 0.25) is 0 Å². The molecule has 1 unspecified atom stereocenters. The summed E-state index contributed by atoms with van der Waals surface area (Å²) in [6.07, 6.45) is 4.65. The first kappa shape index (κ1) is 23.7. The lowest BCUT2D eigenvalue weighted by Crippen LogP contribution is -2.24. The Kier molecular flexibility index (Phi) is 6.80. The third-order valence-corrected chi connectivity index (χ3v) is 6.56. The maximum Gasteiger partial charge on any atom is 0.0556 e. The lowest BCUT2D eigenvalue weighted by Gasteiger charge is -2.33. The molecule has 0 bridgehead atoms. The first-order valence-electron chi connectivity index (χ1n) is 11.8. The van der Waals surface area contributed by atoms with Crippen molar-refractivity contribution >= 4 is 28.2 Å². The van der Waals surface area contributed by atoms with Crippen molar-refractivity contribution < 1.29 is 0 Å². The molecular formula is C30H36N4. The zero-order valence-corrected chi connectivity index (χ0v) is 21.4.